The van der Waals surface area contributed by atoms with Crippen LogP contribution in [-0.2, 0) is 4.74 Å². The highest BCUT2D eigenvalue weighted by atomic mass is 35.5. The molecule has 7 nitrogen and oxygen atoms in total. The fraction of sp³-hybridized carbons (Fsp3) is 0.318. The molecule has 1 amide bonds. The molecule has 3 aromatic rings. The molecule has 2 atom stereocenters. The minimum absolute atomic E-state index is 0.0294. The molecular formula is C22H23ClN4O3. The Labute approximate surface area is 179 Å². The summed E-state index contributed by atoms with van der Waals surface area (Å²) in [6, 6.07) is 10.4. The number of carbonyl (C=O) groups excluding carboxylic acids is 1. The van der Waals surface area contributed by atoms with E-state index in [1.54, 1.807) is 35.4 Å². The quantitative estimate of drug-likeness (QED) is 0.615. The lowest BCUT2D eigenvalue weighted by atomic mass is 10.0. The maximum atomic E-state index is 12.6. The van der Waals surface area contributed by atoms with Crippen LogP contribution in [0.4, 0.5) is 16.3 Å². The number of amides is 1. The summed E-state index contributed by atoms with van der Waals surface area (Å²) in [6.45, 7) is 6.37. The number of halogens is 1. The van der Waals surface area contributed by atoms with E-state index in [0.29, 0.717) is 28.7 Å². The molecule has 4 rings (SSSR count). The van der Waals surface area contributed by atoms with Crippen molar-refractivity contribution in [3.05, 3.63) is 63.5 Å². The average molecular weight is 427 g/mol. The van der Waals surface area contributed by atoms with Gasteiger partial charge in [-0.3, -0.25) is 9.69 Å². The molecular weight excluding hydrogens is 404 g/mol. The number of rotatable bonds is 5. The molecule has 1 fully saturated rings. The Bertz CT molecular complexity index is 1160. The van der Waals surface area contributed by atoms with Gasteiger partial charge >= 0.3 is 6.09 Å². The minimum Gasteiger partial charge on any atom is -0.447 e. The van der Waals surface area contributed by atoms with Gasteiger partial charge < -0.3 is 15.0 Å². The molecule has 1 aromatic carbocycles. The highest BCUT2D eigenvalue weighted by Crippen LogP contribution is 2.29. The number of ether oxygens (including phenoxy) is 1. The number of nitrogens with one attached hydrogen (secondary N) is 2. The normalized spacial score (nSPS) is 17.4. The number of benzene rings is 1. The van der Waals surface area contributed by atoms with Gasteiger partial charge in [-0.25, -0.2) is 9.78 Å². The minimum atomic E-state index is -0.359. The Morgan fingerprint density at radius 2 is 2.00 bits per heavy atom. The fourth-order valence-electron chi connectivity index (χ4n) is 3.69. The second kappa shape index (κ2) is 7.99. The van der Waals surface area contributed by atoms with Crippen LogP contribution in [0.5, 0.6) is 0 Å². The van der Waals surface area contributed by atoms with Gasteiger partial charge in [-0.15, -0.1) is 0 Å². The smallest absolute Gasteiger partial charge is 0.414 e. The van der Waals surface area contributed by atoms with Crippen LogP contribution in [0.3, 0.4) is 0 Å². The molecule has 1 aliphatic rings. The molecule has 30 heavy (non-hydrogen) atoms. The molecule has 0 bridgehead atoms. The van der Waals surface area contributed by atoms with Gasteiger partial charge in [-0.2, -0.15) is 0 Å². The van der Waals surface area contributed by atoms with E-state index in [-0.39, 0.29) is 29.7 Å². The second-order valence-electron chi connectivity index (χ2n) is 7.81. The number of aromatic nitrogens is 2. The Morgan fingerprint density at radius 3 is 2.77 bits per heavy atom. The number of H-pyrrole nitrogens is 1. The van der Waals surface area contributed by atoms with Gasteiger partial charge in [-0.1, -0.05) is 25.4 Å². The van der Waals surface area contributed by atoms with Crippen LogP contribution in [0, 0.1) is 5.92 Å². The van der Waals surface area contributed by atoms with E-state index in [4.69, 9.17) is 16.3 Å². The summed E-state index contributed by atoms with van der Waals surface area (Å²) in [7, 11) is 0. The highest BCUT2D eigenvalue weighted by Gasteiger charge is 2.36. The second-order valence-corrected chi connectivity index (χ2v) is 8.25. The van der Waals surface area contributed by atoms with E-state index < -0.39 is 0 Å². The van der Waals surface area contributed by atoms with Gasteiger partial charge in [0.25, 0.3) is 5.56 Å². The predicted octanol–water partition coefficient (Wildman–Crippen LogP) is 4.73. The monoisotopic (exact) mass is 426 g/mol. The van der Waals surface area contributed by atoms with E-state index in [2.05, 4.69) is 29.1 Å². The van der Waals surface area contributed by atoms with Gasteiger partial charge in [0, 0.05) is 33.8 Å². The predicted molar refractivity (Wildman–Crippen MR) is 118 cm³/mol. The summed E-state index contributed by atoms with van der Waals surface area (Å²) >= 11 is 6.09. The van der Waals surface area contributed by atoms with E-state index in [1.807, 2.05) is 19.1 Å². The third-order valence-corrected chi connectivity index (χ3v) is 5.60. The molecule has 0 saturated carbocycles. The van der Waals surface area contributed by atoms with Crippen molar-refractivity contribution in [3.63, 3.8) is 0 Å². The van der Waals surface area contributed by atoms with E-state index in [0.717, 1.165) is 10.9 Å². The number of cyclic esters (lactones) is 1. The number of fused-ring (bicyclic) bond motifs is 1. The Hall–Kier alpha value is -3.06. The zero-order valence-corrected chi connectivity index (χ0v) is 17.7. The van der Waals surface area contributed by atoms with Crippen molar-refractivity contribution < 1.29 is 9.53 Å². The SMILES string of the molecule is CC(Nc1cc(N2C(=O)OC[C@@H]2C(C)C)ccn1)c1cc2cc(Cl)ccc2[nH]c1=O. The van der Waals surface area contributed by atoms with Crippen LogP contribution < -0.4 is 15.8 Å². The van der Waals surface area contributed by atoms with Gasteiger partial charge in [-0.05, 0) is 43.2 Å². The summed E-state index contributed by atoms with van der Waals surface area (Å²) in [5.74, 6) is 0.815. The van der Waals surface area contributed by atoms with Crippen molar-refractivity contribution in [1.29, 1.82) is 0 Å². The van der Waals surface area contributed by atoms with Crippen LogP contribution in [0.2, 0.25) is 5.02 Å². The summed E-state index contributed by atoms with van der Waals surface area (Å²) in [4.78, 5) is 33.7. The summed E-state index contributed by atoms with van der Waals surface area (Å²) < 4.78 is 5.24. The molecule has 3 heterocycles. The summed E-state index contributed by atoms with van der Waals surface area (Å²) in [6.07, 6.45) is 1.28. The first-order chi connectivity index (χ1) is 14.3. The fourth-order valence-corrected chi connectivity index (χ4v) is 3.87. The Balaban J connectivity index is 1.61. The molecule has 0 radical (unpaired) electrons. The molecule has 156 valence electrons. The van der Waals surface area contributed by atoms with Crippen molar-refractivity contribution in [2.45, 2.75) is 32.9 Å². The van der Waals surface area contributed by atoms with Crippen molar-refractivity contribution in [3.8, 4) is 0 Å². The van der Waals surface area contributed by atoms with Crippen molar-refractivity contribution in [1.82, 2.24) is 9.97 Å². The summed E-state index contributed by atoms with van der Waals surface area (Å²) in [5.41, 5.74) is 1.83. The average Bonchev–Trinajstić information content (AvgIpc) is 3.09. The molecule has 2 N–H and O–H groups in total. The Kier molecular flexibility index (Phi) is 5.39. The molecule has 1 aliphatic heterocycles. The molecule has 1 unspecified atom stereocenters. The first-order valence-corrected chi connectivity index (χ1v) is 10.2. The number of carbonyl (C=O) groups is 1. The molecule has 8 heteroatoms. The van der Waals surface area contributed by atoms with Gasteiger partial charge in [0.15, 0.2) is 0 Å². The van der Waals surface area contributed by atoms with Crippen LogP contribution in [0.25, 0.3) is 10.9 Å². The van der Waals surface area contributed by atoms with Crippen LogP contribution >= 0.6 is 11.6 Å². The van der Waals surface area contributed by atoms with E-state index in [1.165, 1.54) is 0 Å². The number of nitrogens with zero attached hydrogens (tertiary/aromatic N) is 2. The number of hydrogen-bond donors (Lipinski definition) is 2. The maximum Gasteiger partial charge on any atom is 0.414 e. The number of aromatic amines is 1. The number of anilines is 2. The molecule has 1 saturated heterocycles. The topological polar surface area (TPSA) is 87.3 Å². The van der Waals surface area contributed by atoms with Crippen LogP contribution in [0.1, 0.15) is 32.4 Å². The lowest BCUT2D eigenvalue weighted by Crippen LogP contribution is -2.37. The number of pyridine rings is 2. The molecule has 2 aromatic heterocycles. The maximum absolute atomic E-state index is 12.6. The molecule has 0 spiro atoms. The molecule has 0 aliphatic carbocycles. The van der Waals surface area contributed by atoms with Gasteiger partial charge in [0.2, 0.25) is 0 Å². The lowest BCUT2D eigenvalue weighted by Gasteiger charge is -2.25. The third-order valence-electron chi connectivity index (χ3n) is 5.36. The highest BCUT2D eigenvalue weighted by molar-refractivity contribution is 6.31. The first kappa shape index (κ1) is 20.2. The standard InChI is InChI=1S/C22H23ClN4O3/c1-12(2)19-11-30-22(29)27(19)16-6-7-24-20(10-16)25-13(3)17-9-14-8-15(23)4-5-18(14)26-21(17)28/h4-10,12-13,19H,11H2,1-3H3,(H,24,25)(H,26,28)/t13?,19-/m1/s1. The van der Waals surface area contributed by atoms with Crippen LogP contribution in [-0.4, -0.2) is 28.7 Å². The zero-order chi connectivity index (χ0) is 21.4. The van der Waals surface area contributed by atoms with E-state index in [9.17, 15) is 9.59 Å². The zero-order valence-electron chi connectivity index (χ0n) is 17.0. The lowest BCUT2D eigenvalue weighted by molar-refractivity contribution is 0.177. The Morgan fingerprint density at radius 1 is 1.20 bits per heavy atom. The van der Waals surface area contributed by atoms with Crippen molar-refractivity contribution in [2.24, 2.45) is 5.92 Å². The van der Waals surface area contributed by atoms with Crippen molar-refractivity contribution in [2.75, 3.05) is 16.8 Å². The summed E-state index contributed by atoms with van der Waals surface area (Å²) in [5, 5.41) is 4.72. The van der Waals surface area contributed by atoms with E-state index >= 15 is 0 Å². The van der Waals surface area contributed by atoms with Crippen LogP contribution in [0.15, 0.2) is 47.4 Å². The third kappa shape index (κ3) is 3.85. The van der Waals surface area contributed by atoms with Gasteiger partial charge in [0.05, 0.1) is 17.8 Å². The largest absolute Gasteiger partial charge is 0.447 e. The van der Waals surface area contributed by atoms with Crippen molar-refractivity contribution >= 4 is 40.1 Å². The first-order valence-electron chi connectivity index (χ1n) is 9.84. The number of hydrogen-bond acceptors (Lipinski definition) is 5. The van der Waals surface area contributed by atoms with Gasteiger partial charge in [0.1, 0.15) is 12.4 Å².